The number of halogens is 1. The van der Waals surface area contributed by atoms with Crippen molar-refractivity contribution in [3.05, 3.63) is 59.9 Å². The molecule has 0 fully saturated rings. The molecule has 2 aromatic carbocycles. The molecule has 110 valence electrons. The number of hydrogen-bond donors (Lipinski definition) is 2. The molecule has 0 aliphatic carbocycles. The average Bonchev–Trinajstić information content (AvgIpc) is 2.50. The van der Waals surface area contributed by atoms with Crippen LogP contribution in [0.15, 0.2) is 48.5 Å². The van der Waals surface area contributed by atoms with Crippen LogP contribution in [0.3, 0.4) is 0 Å². The predicted octanol–water partition coefficient (Wildman–Crippen LogP) is 2.65. The lowest BCUT2D eigenvalue weighted by Crippen LogP contribution is -2.45. The highest BCUT2D eigenvalue weighted by Crippen LogP contribution is 2.24. The van der Waals surface area contributed by atoms with Crippen molar-refractivity contribution in [2.45, 2.75) is 12.5 Å². The Kier molecular flexibility index (Phi) is 4.23. The number of carbonyl (C=O) groups excluding carboxylic acids is 1. The summed E-state index contributed by atoms with van der Waals surface area (Å²) in [4.78, 5) is 12.3. The number of ether oxygens (including phenoxy) is 1. The molecule has 1 atom stereocenters. The molecule has 0 spiro atoms. The normalized spacial score (nSPS) is 13.3. The van der Waals surface area contributed by atoms with Gasteiger partial charge in [0, 0.05) is 6.07 Å². The molecular weight excluding hydrogens is 271 g/mol. The van der Waals surface area contributed by atoms with E-state index in [1.54, 1.807) is 31.2 Å². The molecule has 1 amide bonds. The molecule has 0 aliphatic rings. The summed E-state index contributed by atoms with van der Waals surface area (Å²) in [5.74, 6) is -0.598. The number of benzene rings is 2. The van der Waals surface area contributed by atoms with Gasteiger partial charge in [-0.3, -0.25) is 4.79 Å². The summed E-state index contributed by atoms with van der Waals surface area (Å²) in [5, 5.41) is 2.50. The van der Waals surface area contributed by atoms with Crippen molar-refractivity contribution in [2.75, 3.05) is 12.4 Å². The molecule has 1 unspecified atom stereocenters. The Morgan fingerprint density at radius 3 is 2.52 bits per heavy atom. The molecule has 0 aliphatic heterocycles. The van der Waals surface area contributed by atoms with Gasteiger partial charge in [-0.15, -0.1) is 0 Å². The molecule has 0 aromatic heterocycles. The Morgan fingerprint density at radius 1 is 1.24 bits per heavy atom. The van der Waals surface area contributed by atoms with Crippen molar-refractivity contribution in [1.29, 1.82) is 0 Å². The largest absolute Gasteiger partial charge is 0.497 e. The first-order valence-corrected chi connectivity index (χ1v) is 6.44. The van der Waals surface area contributed by atoms with Crippen LogP contribution in [-0.2, 0) is 10.3 Å². The van der Waals surface area contributed by atoms with E-state index in [2.05, 4.69) is 5.32 Å². The number of methoxy groups -OCH3 is 1. The minimum Gasteiger partial charge on any atom is -0.497 e. The van der Waals surface area contributed by atoms with Gasteiger partial charge in [0.15, 0.2) is 0 Å². The summed E-state index contributed by atoms with van der Waals surface area (Å²) in [6, 6.07) is 13.0. The third-order valence-electron chi connectivity index (χ3n) is 3.27. The van der Waals surface area contributed by atoms with Crippen molar-refractivity contribution in [1.82, 2.24) is 0 Å². The number of amides is 1. The highest BCUT2D eigenvalue weighted by Gasteiger charge is 2.30. The maximum absolute atomic E-state index is 13.7. The first-order chi connectivity index (χ1) is 9.95. The van der Waals surface area contributed by atoms with E-state index < -0.39 is 17.3 Å². The molecule has 5 heteroatoms. The summed E-state index contributed by atoms with van der Waals surface area (Å²) in [5.41, 5.74) is 5.50. The van der Waals surface area contributed by atoms with Gasteiger partial charge in [-0.25, -0.2) is 4.39 Å². The molecule has 21 heavy (non-hydrogen) atoms. The first-order valence-electron chi connectivity index (χ1n) is 6.44. The molecule has 2 aromatic rings. The second-order valence-corrected chi connectivity index (χ2v) is 4.87. The maximum Gasteiger partial charge on any atom is 0.248 e. The number of nitrogens with two attached hydrogens (primary N) is 1. The zero-order chi connectivity index (χ0) is 15.5. The number of rotatable bonds is 4. The lowest BCUT2D eigenvalue weighted by Gasteiger charge is -2.24. The van der Waals surface area contributed by atoms with Crippen LogP contribution in [0.2, 0.25) is 0 Å². The smallest absolute Gasteiger partial charge is 0.248 e. The number of anilines is 1. The topological polar surface area (TPSA) is 64.3 Å². The minimum atomic E-state index is -1.27. The first kappa shape index (κ1) is 15.0. The fourth-order valence-corrected chi connectivity index (χ4v) is 1.89. The summed E-state index contributed by atoms with van der Waals surface area (Å²) in [7, 11) is 1.47. The molecule has 0 bridgehead atoms. The fourth-order valence-electron chi connectivity index (χ4n) is 1.89. The van der Waals surface area contributed by atoms with Crippen LogP contribution in [0.4, 0.5) is 10.1 Å². The number of nitrogens with one attached hydrogen (secondary N) is 1. The minimum absolute atomic E-state index is 0.0342. The van der Waals surface area contributed by atoms with E-state index in [0.29, 0.717) is 11.3 Å². The van der Waals surface area contributed by atoms with E-state index in [4.69, 9.17) is 10.5 Å². The summed E-state index contributed by atoms with van der Waals surface area (Å²) in [6.45, 7) is 1.58. The van der Waals surface area contributed by atoms with Crippen molar-refractivity contribution in [2.24, 2.45) is 5.73 Å². The number of hydrogen-bond acceptors (Lipinski definition) is 3. The Hall–Kier alpha value is -2.40. The lowest BCUT2D eigenvalue weighted by atomic mass is 9.92. The molecule has 0 saturated carbocycles. The predicted molar refractivity (Wildman–Crippen MR) is 79.6 cm³/mol. The lowest BCUT2D eigenvalue weighted by molar-refractivity contribution is -0.120. The van der Waals surface area contributed by atoms with Gasteiger partial charge in [0.1, 0.15) is 17.1 Å². The average molecular weight is 288 g/mol. The van der Waals surface area contributed by atoms with Gasteiger partial charge in [-0.2, -0.15) is 0 Å². The van der Waals surface area contributed by atoms with Crippen LogP contribution >= 0.6 is 0 Å². The maximum atomic E-state index is 13.7. The zero-order valence-electron chi connectivity index (χ0n) is 11.9. The molecule has 0 radical (unpaired) electrons. The Balaban J connectivity index is 2.25. The summed E-state index contributed by atoms with van der Waals surface area (Å²) in [6.07, 6.45) is 0. The van der Waals surface area contributed by atoms with Gasteiger partial charge in [0.25, 0.3) is 0 Å². The van der Waals surface area contributed by atoms with Crippen LogP contribution in [0.1, 0.15) is 12.5 Å². The standard InChI is InChI=1S/C16H17FN2O2/c1-16(18,11-6-4-3-5-7-11)15(20)19-14-10-12(21-2)8-9-13(14)17/h3-10H,18H2,1-2H3,(H,19,20). The van der Waals surface area contributed by atoms with Gasteiger partial charge in [-0.05, 0) is 24.6 Å². The van der Waals surface area contributed by atoms with E-state index in [9.17, 15) is 9.18 Å². The van der Waals surface area contributed by atoms with Gasteiger partial charge in [0.05, 0.1) is 12.8 Å². The second kappa shape index (κ2) is 5.93. The highest BCUT2D eigenvalue weighted by atomic mass is 19.1. The van der Waals surface area contributed by atoms with E-state index in [-0.39, 0.29) is 5.69 Å². The van der Waals surface area contributed by atoms with Crippen molar-refractivity contribution >= 4 is 11.6 Å². The van der Waals surface area contributed by atoms with Gasteiger partial charge < -0.3 is 15.8 Å². The third-order valence-corrected chi connectivity index (χ3v) is 3.27. The molecule has 2 rings (SSSR count). The van der Waals surface area contributed by atoms with E-state index in [0.717, 1.165) is 0 Å². The summed E-state index contributed by atoms with van der Waals surface area (Å²) < 4.78 is 18.8. The quantitative estimate of drug-likeness (QED) is 0.909. The molecule has 4 nitrogen and oxygen atoms in total. The van der Waals surface area contributed by atoms with Crippen LogP contribution in [0.5, 0.6) is 5.75 Å². The Labute approximate surface area is 122 Å². The third kappa shape index (κ3) is 3.20. The Bertz CT molecular complexity index is 642. The monoisotopic (exact) mass is 288 g/mol. The highest BCUT2D eigenvalue weighted by molar-refractivity contribution is 5.98. The number of carbonyl (C=O) groups is 1. The van der Waals surface area contributed by atoms with Gasteiger partial charge >= 0.3 is 0 Å². The van der Waals surface area contributed by atoms with Crippen LogP contribution in [0, 0.1) is 5.82 Å². The molecule has 0 heterocycles. The van der Waals surface area contributed by atoms with Gasteiger partial charge in [-0.1, -0.05) is 30.3 Å². The van der Waals surface area contributed by atoms with Crippen LogP contribution in [0.25, 0.3) is 0 Å². The van der Waals surface area contributed by atoms with E-state index in [1.165, 1.54) is 25.3 Å². The van der Waals surface area contributed by atoms with Crippen LogP contribution < -0.4 is 15.8 Å². The molecule has 3 N–H and O–H groups in total. The van der Waals surface area contributed by atoms with E-state index in [1.807, 2.05) is 6.07 Å². The molecule has 0 saturated heterocycles. The Morgan fingerprint density at radius 2 is 1.90 bits per heavy atom. The zero-order valence-corrected chi connectivity index (χ0v) is 11.9. The van der Waals surface area contributed by atoms with Crippen molar-refractivity contribution in [3.63, 3.8) is 0 Å². The summed E-state index contributed by atoms with van der Waals surface area (Å²) >= 11 is 0. The van der Waals surface area contributed by atoms with Crippen molar-refractivity contribution in [3.8, 4) is 5.75 Å². The molecular formula is C16H17FN2O2. The van der Waals surface area contributed by atoms with Crippen LogP contribution in [-0.4, -0.2) is 13.0 Å². The van der Waals surface area contributed by atoms with Gasteiger partial charge in [0.2, 0.25) is 5.91 Å². The fraction of sp³-hybridized carbons (Fsp3) is 0.188. The van der Waals surface area contributed by atoms with E-state index >= 15 is 0 Å². The second-order valence-electron chi connectivity index (χ2n) is 4.87. The van der Waals surface area contributed by atoms with Crippen molar-refractivity contribution < 1.29 is 13.9 Å². The SMILES string of the molecule is COc1ccc(F)c(NC(=O)C(C)(N)c2ccccc2)c1.